The number of thiazole rings is 1. The van der Waals surface area contributed by atoms with Gasteiger partial charge in [0.2, 0.25) is 23.7 Å². The van der Waals surface area contributed by atoms with Crippen molar-refractivity contribution in [2.24, 2.45) is 5.41 Å². The van der Waals surface area contributed by atoms with Crippen molar-refractivity contribution >= 4 is 46.0 Å². The van der Waals surface area contributed by atoms with E-state index < -0.39 is 35.4 Å². The first-order valence-electron chi connectivity index (χ1n) is 25.6. The van der Waals surface area contributed by atoms with Gasteiger partial charge in [0.1, 0.15) is 30.0 Å². The molecular weight excluding hydrogens is 977 g/mol. The number of fused-ring (bicyclic) bond motifs is 1. The summed E-state index contributed by atoms with van der Waals surface area (Å²) >= 11 is 1.57. The largest absolute Gasteiger partial charge is 0.391 e. The molecule has 1 fully saturated rings. The first kappa shape index (κ1) is 56.1. The average molecular weight is 1050 g/mol. The number of amides is 3. The fourth-order valence-electron chi connectivity index (χ4n) is 8.70. The molecule has 1 saturated heterocycles. The highest BCUT2D eigenvalue weighted by Gasteiger charge is 2.44. The highest BCUT2D eigenvalue weighted by Crippen LogP contribution is 2.33. The van der Waals surface area contributed by atoms with Gasteiger partial charge < -0.3 is 49.9 Å². The number of carbonyl (C=O) groups excluding carboxylic acids is 3. The number of aliphatic hydroxyl groups is 1. The van der Waals surface area contributed by atoms with Crippen LogP contribution in [0.25, 0.3) is 44.0 Å². The minimum atomic E-state index is -0.969. The molecule has 75 heavy (non-hydrogen) atoms. The molecule has 21 heteroatoms. The van der Waals surface area contributed by atoms with Gasteiger partial charge in [0.15, 0.2) is 0 Å². The molecule has 1 aromatic carbocycles. The van der Waals surface area contributed by atoms with Crippen molar-refractivity contribution in [2.45, 2.75) is 104 Å². The molecule has 1 aliphatic rings. The van der Waals surface area contributed by atoms with Crippen molar-refractivity contribution < 1.29 is 38.4 Å². The number of ether oxygens (including phenoxy) is 4. The molecule has 5 N–H and O–H groups in total. The van der Waals surface area contributed by atoms with E-state index in [2.05, 4.69) is 48.0 Å². The minimum Gasteiger partial charge on any atom is -0.391 e. The zero-order valence-corrected chi connectivity index (χ0v) is 44.4. The maximum atomic E-state index is 14.0. The number of nitrogens with zero attached hydrogens (tertiary/aromatic N) is 8. The first-order valence-corrected chi connectivity index (χ1v) is 26.5. The summed E-state index contributed by atoms with van der Waals surface area (Å²) in [5, 5.41) is 34.5. The van der Waals surface area contributed by atoms with Crippen molar-refractivity contribution in [1.29, 1.82) is 5.26 Å². The Kier molecular flexibility index (Phi) is 20.7. The van der Waals surface area contributed by atoms with Crippen molar-refractivity contribution in [3.05, 3.63) is 84.0 Å². The number of benzene rings is 1. The molecule has 1 aliphatic heterocycles. The van der Waals surface area contributed by atoms with Crippen LogP contribution in [0.4, 0.5) is 5.95 Å². The van der Waals surface area contributed by atoms with E-state index in [1.165, 1.54) is 4.90 Å². The van der Waals surface area contributed by atoms with E-state index in [9.17, 15) is 19.5 Å². The van der Waals surface area contributed by atoms with E-state index in [0.717, 1.165) is 87.5 Å². The van der Waals surface area contributed by atoms with Crippen LogP contribution < -0.4 is 16.0 Å². The lowest BCUT2D eigenvalue weighted by Gasteiger charge is -2.35. The Morgan fingerprint density at radius 2 is 1.65 bits per heavy atom. The quantitative estimate of drug-likeness (QED) is 0.0309. The van der Waals surface area contributed by atoms with Crippen molar-refractivity contribution in [3.63, 3.8) is 0 Å². The number of aliphatic hydroxyl groups excluding tert-OH is 1. The lowest BCUT2D eigenvalue weighted by molar-refractivity contribution is -0.144. The number of pyridine rings is 1. The van der Waals surface area contributed by atoms with Crippen LogP contribution in [0.3, 0.4) is 0 Å². The van der Waals surface area contributed by atoms with Gasteiger partial charge in [-0.1, -0.05) is 57.9 Å². The number of aryl methyl sites for hydroxylation is 2. The highest BCUT2D eigenvalue weighted by molar-refractivity contribution is 7.13. The Morgan fingerprint density at radius 1 is 0.920 bits per heavy atom. The van der Waals surface area contributed by atoms with Gasteiger partial charge in [-0.3, -0.25) is 19.1 Å². The number of H-pyrrole nitrogens is 1. The predicted octanol–water partition coefficient (Wildman–Crippen LogP) is 6.64. The van der Waals surface area contributed by atoms with E-state index in [1.54, 1.807) is 17.5 Å². The number of nitriles is 1. The number of aromatic amines is 1. The van der Waals surface area contributed by atoms with Gasteiger partial charge in [-0.25, -0.2) is 19.9 Å². The zero-order chi connectivity index (χ0) is 53.2. The summed E-state index contributed by atoms with van der Waals surface area (Å²) in [7, 11) is 0. The summed E-state index contributed by atoms with van der Waals surface area (Å²) in [6.45, 7) is 13.0. The van der Waals surface area contributed by atoms with Gasteiger partial charge in [-0.15, -0.1) is 11.3 Å². The van der Waals surface area contributed by atoms with Crippen LogP contribution in [-0.4, -0.2) is 147 Å². The number of likely N-dealkylation sites (tertiary alicyclic amines) is 1. The van der Waals surface area contributed by atoms with Crippen LogP contribution in [-0.2, 0) is 39.9 Å². The summed E-state index contributed by atoms with van der Waals surface area (Å²) in [5.41, 5.74) is 8.12. The molecule has 400 valence electrons. The highest BCUT2D eigenvalue weighted by atomic mass is 32.1. The van der Waals surface area contributed by atoms with Gasteiger partial charge in [0.25, 0.3) is 0 Å². The van der Waals surface area contributed by atoms with Gasteiger partial charge in [0.05, 0.1) is 86.1 Å². The summed E-state index contributed by atoms with van der Waals surface area (Å²) in [6.07, 6.45) is 10.9. The molecule has 0 bridgehead atoms. The first-order chi connectivity index (χ1) is 36.3. The lowest BCUT2D eigenvalue weighted by atomic mass is 9.85. The Labute approximate surface area is 442 Å². The summed E-state index contributed by atoms with van der Waals surface area (Å²) in [5.74, 6) is -0.836. The Balaban J connectivity index is 0.730. The molecule has 0 saturated carbocycles. The van der Waals surface area contributed by atoms with Crippen LogP contribution in [0.1, 0.15) is 83.5 Å². The summed E-state index contributed by atoms with van der Waals surface area (Å²) in [6, 6.07) is 13.8. The third-order valence-electron chi connectivity index (χ3n) is 12.7. The number of anilines is 1. The fraction of sp³-hybridized carbons (Fsp3) is 0.500. The Hall–Kier alpha value is -6.67. The van der Waals surface area contributed by atoms with Gasteiger partial charge in [-0.2, -0.15) is 10.4 Å². The molecule has 0 spiro atoms. The molecule has 5 aromatic heterocycles. The van der Waals surface area contributed by atoms with Crippen molar-refractivity contribution in [1.82, 2.24) is 50.2 Å². The van der Waals surface area contributed by atoms with E-state index in [0.29, 0.717) is 51.9 Å². The van der Waals surface area contributed by atoms with E-state index >= 15 is 0 Å². The normalized spacial score (nSPS) is 15.5. The van der Waals surface area contributed by atoms with Gasteiger partial charge >= 0.3 is 0 Å². The molecule has 4 atom stereocenters. The second-order valence-corrected chi connectivity index (χ2v) is 20.4. The fourth-order valence-corrected chi connectivity index (χ4v) is 9.52. The molecule has 7 rings (SSSR count). The summed E-state index contributed by atoms with van der Waals surface area (Å²) in [4.78, 5) is 64.3. The topological polar surface area (TPSA) is 257 Å². The second kappa shape index (κ2) is 27.7. The number of nitrogens with one attached hydrogen (secondary N) is 4. The minimum absolute atomic E-state index is 0.0203. The third-order valence-corrected chi connectivity index (χ3v) is 13.7. The van der Waals surface area contributed by atoms with Crippen LogP contribution >= 0.6 is 11.3 Å². The standard InChI is InChI=1S/C54H70N12O8S/c1-36(38-11-13-39(14-12-38)48-37(2)60-35-75-48)61-51(69)45-30-42(67)32-66(45)52(70)49(54(3,4)5)63-46(68)34-74-28-27-73-26-25-72-24-23-71-22-9-7-6-8-21-65-33-43(44-16-20-58-53(62-44)57-18-10-17-55)47(64-65)41-29-40-15-19-56-50(40)59-31-41/h11-16,19-20,29,31,33,35-36,42,45,49,67H,6-10,18,21-28,30,32,34H2,1-5H3,(H,56,59)(H,61,69)(H,63,68)(H,57,58,62)/t36-,42+,45-,49-/m0/s1. The van der Waals surface area contributed by atoms with Gasteiger partial charge in [-0.05, 0) is 61.4 Å². The molecule has 6 aromatic rings. The Bertz CT molecular complexity index is 2820. The molecular formula is C54H70N12O8S. The van der Waals surface area contributed by atoms with Crippen LogP contribution in [0.15, 0.2) is 72.8 Å². The zero-order valence-electron chi connectivity index (χ0n) is 43.5. The number of unbranched alkanes of at least 4 members (excludes halogenated alkanes) is 3. The number of rotatable bonds is 29. The van der Waals surface area contributed by atoms with E-state index in [1.807, 2.05) is 99.8 Å². The van der Waals surface area contributed by atoms with E-state index in [-0.39, 0.29) is 44.7 Å². The number of hydrogen-bond acceptors (Lipinski definition) is 16. The smallest absolute Gasteiger partial charge is 0.246 e. The molecule has 0 unspecified atom stereocenters. The maximum absolute atomic E-state index is 14.0. The molecule has 6 heterocycles. The Morgan fingerprint density at radius 3 is 2.37 bits per heavy atom. The van der Waals surface area contributed by atoms with E-state index in [4.69, 9.17) is 34.3 Å². The third kappa shape index (κ3) is 16.2. The number of β-amino-alcohol motifs (C(OH)–C–C–N with tert-alkyl or cyclic N) is 1. The van der Waals surface area contributed by atoms with Crippen molar-refractivity contribution in [2.75, 3.05) is 71.3 Å². The predicted molar refractivity (Wildman–Crippen MR) is 285 cm³/mol. The molecule has 0 aliphatic carbocycles. The van der Waals surface area contributed by atoms with Crippen molar-refractivity contribution in [3.8, 4) is 39.0 Å². The number of hydrogen-bond donors (Lipinski definition) is 5. The molecule has 3 amide bonds. The molecule has 0 radical (unpaired) electrons. The van der Waals surface area contributed by atoms with Gasteiger partial charge in [0, 0.05) is 74.0 Å². The van der Waals surface area contributed by atoms with Crippen LogP contribution in [0, 0.1) is 23.7 Å². The number of carbonyl (C=O) groups is 3. The SMILES string of the molecule is Cc1ncsc1-c1ccc([C@H](C)NC(=O)[C@@H]2C[C@@H](O)CN2C(=O)[C@H](NC(=O)COCCOCCOCCOCCCCCCn2cc(-c3ccnc(NCCC#N)n3)c(-c3cnc4[nH]ccc4c3)n2)C(C)(C)C)cc1. The van der Waals surface area contributed by atoms with Crippen LogP contribution in [0.2, 0.25) is 0 Å². The average Bonchev–Trinajstić information content (AvgIpc) is 4.24. The maximum Gasteiger partial charge on any atom is 0.246 e. The number of aromatic nitrogens is 7. The second-order valence-electron chi connectivity index (χ2n) is 19.6. The molecule has 20 nitrogen and oxygen atoms in total. The summed E-state index contributed by atoms with van der Waals surface area (Å²) < 4.78 is 24.6. The van der Waals surface area contributed by atoms with Crippen LogP contribution in [0.5, 0.6) is 0 Å². The lowest BCUT2D eigenvalue weighted by Crippen LogP contribution is -2.58. The monoisotopic (exact) mass is 1050 g/mol.